The van der Waals surface area contributed by atoms with E-state index in [0.717, 1.165) is 0 Å². The van der Waals surface area contributed by atoms with Crippen molar-refractivity contribution in [1.82, 2.24) is 10.2 Å². The minimum absolute atomic E-state index is 0.197. The van der Waals surface area contributed by atoms with Crippen molar-refractivity contribution < 1.29 is 8.78 Å². The highest BCUT2D eigenvalue weighted by Gasteiger charge is 2.27. The van der Waals surface area contributed by atoms with Gasteiger partial charge in [0, 0.05) is 31.2 Å². The molecule has 1 aliphatic heterocycles. The number of nitrogens with zero attached hydrogens (tertiary/aromatic N) is 1. The molecule has 0 amide bonds. The van der Waals surface area contributed by atoms with Gasteiger partial charge in [-0.3, -0.25) is 4.90 Å². The van der Waals surface area contributed by atoms with E-state index in [1.54, 1.807) is 0 Å². The lowest BCUT2D eigenvalue weighted by Gasteiger charge is -2.39. The van der Waals surface area contributed by atoms with Gasteiger partial charge < -0.3 is 5.32 Å². The van der Waals surface area contributed by atoms with Gasteiger partial charge in [0.15, 0.2) is 0 Å². The van der Waals surface area contributed by atoms with E-state index in [2.05, 4.69) is 24.1 Å². The summed E-state index contributed by atoms with van der Waals surface area (Å²) in [6.45, 7) is 4.64. The zero-order valence-corrected chi connectivity index (χ0v) is 8.26. The van der Waals surface area contributed by atoms with E-state index in [4.69, 9.17) is 0 Å². The SMILES string of the molecule is CC(C)N1CC(CF)N[C@H](CF)C1. The van der Waals surface area contributed by atoms with Crippen LogP contribution in [0.4, 0.5) is 8.78 Å². The zero-order valence-electron chi connectivity index (χ0n) is 8.26. The van der Waals surface area contributed by atoms with Crippen LogP contribution >= 0.6 is 0 Å². The summed E-state index contributed by atoms with van der Waals surface area (Å²) in [6.07, 6.45) is 0. The van der Waals surface area contributed by atoms with Crippen molar-refractivity contribution in [2.75, 3.05) is 26.4 Å². The van der Waals surface area contributed by atoms with Crippen molar-refractivity contribution in [3.63, 3.8) is 0 Å². The van der Waals surface area contributed by atoms with Gasteiger partial charge in [-0.2, -0.15) is 0 Å². The first-order valence-corrected chi connectivity index (χ1v) is 4.79. The third kappa shape index (κ3) is 2.88. The molecule has 1 aliphatic rings. The standard InChI is InChI=1S/C9H18F2N2/c1-7(2)13-5-8(3-10)12-9(4-11)6-13/h7-9,12H,3-6H2,1-2H3/t8-,9?/m1/s1. The van der Waals surface area contributed by atoms with Gasteiger partial charge >= 0.3 is 0 Å². The average Bonchev–Trinajstić information content (AvgIpc) is 2.16. The molecular formula is C9H18F2N2. The fourth-order valence-corrected chi connectivity index (χ4v) is 1.69. The van der Waals surface area contributed by atoms with Crippen LogP contribution in [-0.4, -0.2) is 49.5 Å². The molecule has 0 saturated carbocycles. The van der Waals surface area contributed by atoms with Crippen molar-refractivity contribution in [3.8, 4) is 0 Å². The fraction of sp³-hybridized carbons (Fsp3) is 1.00. The molecule has 1 N–H and O–H groups in total. The maximum atomic E-state index is 12.4. The molecular weight excluding hydrogens is 174 g/mol. The maximum Gasteiger partial charge on any atom is 0.106 e. The number of piperazine rings is 1. The van der Waals surface area contributed by atoms with Crippen LogP contribution in [0.2, 0.25) is 0 Å². The van der Waals surface area contributed by atoms with E-state index in [1.165, 1.54) is 0 Å². The van der Waals surface area contributed by atoms with E-state index in [1.807, 2.05) is 0 Å². The molecule has 0 aromatic rings. The van der Waals surface area contributed by atoms with Crippen molar-refractivity contribution in [3.05, 3.63) is 0 Å². The highest BCUT2D eigenvalue weighted by Crippen LogP contribution is 2.09. The van der Waals surface area contributed by atoms with Gasteiger partial charge in [0.2, 0.25) is 0 Å². The smallest absolute Gasteiger partial charge is 0.106 e. The van der Waals surface area contributed by atoms with E-state index >= 15 is 0 Å². The van der Waals surface area contributed by atoms with E-state index < -0.39 is 13.3 Å². The Morgan fingerprint density at radius 3 is 2.00 bits per heavy atom. The summed E-state index contributed by atoms with van der Waals surface area (Å²) >= 11 is 0. The van der Waals surface area contributed by atoms with Crippen LogP contribution in [0.25, 0.3) is 0 Å². The molecule has 0 bridgehead atoms. The van der Waals surface area contributed by atoms with Crippen LogP contribution in [0.3, 0.4) is 0 Å². The first-order chi connectivity index (χ1) is 6.17. The minimum Gasteiger partial charge on any atom is -0.304 e. The third-order valence-electron chi connectivity index (χ3n) is 2.48. The molecule has 78 valence electrons. The predicted molar refractivity (Wildman–Crippen MR) is 49.4 cm³/mol. The summed E-state index contributed by atoms with van der Waals surface area (Å²) in [6, 6.07) is -0.0287. The van der Waals surface area contributed by atoms with Crippen molar-refractivity contribution in [2.24, 2.45) is 0 Å². The lowest BCUT2D eigenvalue weighted by Crippen LogP contribution is -2.59. The van der Waals surface area contributed by atoms with E-state index in [-0.39, 0.29) is 12.1 Å². The molecule has 0 aromatic carbocycles. The van der Waals surface area contributed by atoms with Crippen LogP contribution in [-0.2, 0) is 0 Å². The largest absolute Gasteiger partial charge is 0.304 e. The van der Waals surface area contributed by atoms with Gasteiger partial charge in [-0.05, 0) is 13.8 Å². The molecule has 2 nitrogen and oxygen atoms in total. The molecule has 2 atom stereocenters. The Hall–Kier alpha value is -0.220. The molecule has 1 rings (SSSR count). The number of hydrogen-bond acceptors (Lipinski definition) is 2. The molecule has 13 heavy (non-hydrogen) atoms. The second kappa shape index (κ2) is 4.86. The lowest BCUT2D eigenvalue weighted by atomic mass is 10.1. The maximum absolute atomic E-state index is 12.4. The lowest BCUT2D eigenvalue weighted by molar-refractivity contribution is 0.106. The normalized spacial score (nSPS) is 31.2. The second-order valence-electron chi connectivity index (χ2n) is 3.92. The summed E-state index contributed by atoms with van der Waals surface area (Å²) in [5.74, 6) is 0. The Balaban J connectivity index is 2.49. The van der Waals surface area contributed by atoms with E-state index in [0.29, 0.717) is 19.1 Å². The monoisotopic (exact) mass is 192 g/mol. The Morgan fingerprint density at radius 2 is 1.69 bits per heavy atom. The molecule has 1 unspecified atom stereocenters. The van der Waals surface area contributed by atoms with Crippen LogP contribution in [0, 0.1) is 0 Å². The third-order valence-corrected chi connectivity index (χ3v) is 2.48. The van der Waals surface area contributed by atoms with Gasteiger partial charge in [0.25, 0.3) is 0 Å². The molecule has 1 heterocycles. The van der Waals surface area contributed by atoms with Crippen LogP contribution in [0.5, 0.6) is 0 Å². The van der Waals surface area contributed by atoms with Crippen molar-refractivity contribution >= 4 is 0 Å². The molecule has 0 aromatic heterocycles. The van der Waals surface area contributed by atoms with Gasteiger partial charge in [-0.1, -0.05) is 0 Å². The summed E-state index contributed by atoms with van der Waals surface area (Å²) < 4.78 is 24.8. The van der Waals surface area contributed by atoms with Crippen molar-refractivity contribution in [1.29, 1.82) is 0 Å². The van der Waals surface area contributed by atoms with Gasteiger partial charge in [-0.15, -0.1) is 0 Å². The summed E-state index contributed by atoms with van der Waals surface area (Å²) in [5, 5.41) is 2.95. The Labute approximate surface area is 78.3 Å². The van der Waals surface area contributed by atoms with Crippen LogP contribution in [0.15, 0.2) is 0 Å². The first-order valence-electron chi connectivity index (χ1n) is 4.79. The number of alkyl halides is 2. The zero-order chi connectivity index (χ0) is 9.84. The average molecular weight is 192 g/mol. The van der Waals surface area contributed by atoms with Crippen molar-refractivity contribution in [2.45, 2.75) is 32.0 Å². The van der Waals surface area contributed by atoms with Gasteiger partial charge in [0.1, 0.15) is 13.3 Å². The minimum atomic E-state index is -0.417. The Bertz CT molecular complexity index is 141. The van der Waals surface area contributed by atoms with E-state index in [9.17, 15) is 8.78 Å². The molecule has 4 heteroatoms. The van der Waals surface area contributed by atoms with Gasteiger partial charge in [0.05, 0.1) is 0 Å². The number of rotatable bonds is 3. The molecule has 0 radical (unpaired) electrons. The number of hydrogen-bond donors (Lipinski definition) is 1. The highest BCUT2D eigenvalue weighted by molar-refractivity contribution is 4.86. The topological polar surface area (TPSA) is 15.3 Å². The van der Waals surface area contributed by atoms with Crippen LogP contribution < -0.4 is 5.32 Å². The first kappa shape index (κ1) is 10.9. The summed E-state index contributed by atoms with van der Waals surface area (Å²) in [7, 11) is 0. The molecule has 1 saturated heterocycles. The second-order valence-corrected chi connectivity index (χ2v) is 3.92. The number of nitrogens with one attached hydrogen (secondary N) is 1. The highest BCUT2D eigenvalue weighted by atomic mass is 19.1. The molecule has 0 spiro atoms. The fourth-order valence-electron chi connectivity index (χ4n) is 1.69. The summed E-state index contributed by atoms with van der Waals surface area (Å²) in [4.78, 5) is 2.12. The quantitative estimate of drug-likeness (QED) is 0.717. The predicted octanol–water partition coefficient (Wildman–Crippen LogP) is 0.976. The summed E-state index contributed by atoms with van der Waals surface area (Å²) in [5.41, 5.74) is 0. The molecule has 1 fully saturated rings. The number of halogens is 2. The Kier molecular flexibility index (Phi) is 4.06. The van der Waals surface area contributed by atoms with Gasteiger partial charge in [-0.25, -0.2) is 8.78 Å². The van der Waals surface area contributed by atoms with Crippen LogP contribution in [0.1, 0.15) is 13.8 Å². The molecule has 0 aliphatic carbocycles. The Morgan fingerprint density at radius 1 is 1.23 bits per heavy atom.